The highest BCUT2D eigenvalue weighted by atomic mass is 16.5. The molecular formula is C29H60O. The summed E-state index contributed by atoms with van der Waals surface area (Å²) in [5.41, 5.74) is 0. The summed E-state index contributed by atoms with van der Waals surface area (Å²) < 4.78 is 6.05. The normalized spacial score (nSPS) is 12.5. The van der Waals surface area contributed by atoms with Crippen LogP contribution in [0.4, 0.5) is 0 Å². The Labute approximate surface area is 192 Å². The Morgan fingerprint density at radius 2 is 0.733 bits per heavy atom. The molecule has 0 aliphatic rings. The van der Waals surface area contributed by atoms with E-state index in [4.69, 9.17) is 4.74 Å². The first-order valence-corrected chi connectivity index (χ1v) is 14.4. The van der Waals surface area contributed by atoms with Crippen LogP contribution in [0.1, 0.15) is 168 Å². The number of ether oxygens (including phenoxy) is 1. The van der Waals surface area contributed by atoms with Crippen molar-refractivity contribution >= 4 is 0 Å². The molecule has 1 unspecified atom stereocenters. The Balaban J connectivity index is 3.67. The molecule has 0 rings (SSSR count). The van der Waals surface area contributed by atoms with Gasteiger partial charge in [-0.05, 0) is 25.2 Å². The van der Waals surface area contributed by atoms with Crippen molar-refractivity contribution < 1.29 is 4.74 Å². The number of hydrogen-bond donors (Lipinski definition) is 0. The maximum absolute atomic E-state index is 6.05. The molecule has 0 saturated carbocycles. The SMILES string of the molecule is CCCCCCCCCCCCCCC(CCCCCCCC)COCCCCC. The van der Waals surface area contributed by atoms with Gasteiger partial charge in [-0.3, -0.25) is 0 Å². The lowest BCUT2D eigenvalue weighted by atomic mass is 9.94. The average molecular weight is 425 g/mol. The lowest BCUT2D eigenvalue weighted by molar-refractivity contribution is 0.0881. The molecule has 0 fully saturated rings. The minimum Gasteiger partial charge on any atom is -0.381 e. The fraction of sp³-hybridized carbons (Fsp3) is 1.00. The lowest BCUT2D eigenvalue weighted by Crippen LogP contribution is -2.11. The average Bonchev–Trinajstić information content (AvgIpc) is 2.76. The summed E-state index contributed by atoms with van der Waals surface area (Å²) in [4.78, 5) is 0. The predicted octanol–water partition coefficient (Wildman–Crippen LogP) is 10.7. The molecule has 182 valence electrons. The maximum Gasteiger partial charge on any atom is 0.0494 e. The highest BCUT2D eigenvalue weighted by molar-refractivity contribution is 4.61. The number of unbranched alkanes of at least 4 members (excludes halogenated alkanes) is 18. The number of hydrogen-bond acceptors (Lipinski definition) is 1. The van der Waals surface area contributed by atoms with Crippen molar-refractivity contribution in [2.45, 2.75) is 168 Å². The van der Waals surface area contributed by atoms with Crippen LogP contribution in [0.15, 0.2) is 0 Å². The van der Waals surface area contributed by atoms with Crippen LogP contribution in [0.25, 0.3) is 0 Å². The monoisotopic (exact) mass is 424 g/mol. The minimum absolute atomic E-state index is 0.820. The minimum atomic E-state index is 0.820. The first-order chi connectivity index (χ1) is 14.8. The van der Waals surface area contributed by atoms with Gasteiger partial charge in [-0.25, -0.2) is 0 Å². The van der Waals surface area contributed by atoms with E-state index in [-0.39, 0.29) is 0 Å². The molecular weight excluding hydrogens is 364 g/mol. The van der Waals surface area contributed by atoms with Crippen molar-refractivity contribution in [3.05, 3.63) is 0 Å². The zero-order valence-corrected chi connectivity index (χ0v) is 21.7. The molecule has 0 aromatic carbocycles. The predicted molar refractivity (Wildman–Crippen MR) is 138 cm³/mol. The number of rotatable bonds is 26. The van der Waals surface area contributed by atoms with E-state index in [1.807, 2.05) is 0 Å². The zero-order valence-electron chi connectivity index (χ0n) is 21.7. The molecule has 0 aliphatic carbocycles. The largest absolute Gasteiger partial charge is 0.381 e. The van der Waals surface area contributed by atoms with E-state index >= 15 is 0 Å². The van der Waals surface area contributed by atoms with Crippen molar-refractivity contribution in [3.8, 4) is 0 Å². The molecule has 1 heteroatoms. The van der Waals surface area contributed by atoms with Crippen LogP contribution >= 0.6 is 0 Å². The third kappa shape index (κ3) is 24.2. The van der Waals surface area contributed by atoms with Gasteiger partial charge in [-0.2, -0.15) is 0 Å². The fourth-order valence-electron chi connectivity index (χ4n) is 4.50. The van der Waals surface area contributed by atoms with Gasteiger partial charge in [0.25, 0.3) is 0 Å². The van der Waals surface area contributed by atoms with Crippen LogP contribution < -0.4 is 0 Å². The van der Waals surface area contributed by atoms with Gasteiger partial charge in [0.15, 0.2) is 0 Å². The third-order valence-corrected chi connectivity index (χ3v) is 6.68. The van der Waals surface area contributed by atoms with Gasteiger partial charge in [0, 0.05) is 13.2 Å². The van der Waals surface area contributed by atoms with Crippen molar-refractivity contribution in [2.75, 3.05) is 13.2 Å². The van der Waals surface area contributed by atoms with Gasteiger partial charge < -0.3 is 4.74 Å². The van der Waals surface area contributed by atoms with E-state index in [0.717, 1.165) is 19.1 Å². The van der Waals surface area contributed by atoms with Gasteiger partial charge in [-0.15, -0.1) is 0 Å². The van der Waals surface area contributed by atoms with Crippen LogP contribution in [-0.2, 0) is 4.74 Å². The summed E-state index contributed by atoms with van der Waals surface area (Å²) in [6.45, 7) is 8.89. The molecule has 30 heavy (non-hydrogen) atoms. The molecule has 0 spiro atoms. The van der Waals surface area contributed by atoms with Crippen molar-refractivity contribution in [1.29, 1.82) is 0 Å². The third-order valence-electron chi connectivity index (χ3n) is 6.68. The summed E-state index contributed by atoms with van der Waals surface area (Å²) in [5.74, 6) is 0.820. The summed E-state index contributed by atoms with van der Waals surface area (Å²) in [6.07, 6.45) is 32.6. The lowest BCUT2D eigenvalue weighted by Gasteiger charge is -2.17. The second-order valence-corrected chi connectivity index (χ2v) is 9.88. The first kappa shape index (κ1) is 30.0. The van der Waals surface area contributed by atoms with Gasteiger partial charge in [0.2, 0.25) is 0 Å². The standard InChI is InChI=1S/C29H60O/c1-4-7-10-12-14-15-16-17-18-19-21-23-26-29(28-30-27-24-9-6-3)25-22-20-13-11-8-5-2/h29H,4-28H2,1-3H3. The molecule has 1 atom stereocenters. The molecule has 0 N–H and O–H groups in total. The quantitative estimate of drug-likeness (QED) is 0.125. The molecule has 0 amide bonds. The molecule has 0 aromatic heterocycles. The highest BCUT2D eigenvalue weighted by Crippen LogP contribution is 2.20. The van der Waals surface area contributed by atoms with E-state index < -0.39 is 0 Å². The van der Waals surface area contributed by atoms with E-state index in [1.165, 1.54) is 148 Å². The summed E-state index contributed by atoms with van der Waals surface area (Å²) >= 11 is 0. The molecule has 1 nitrogen and oxygen atoms in total. The van der Waals surface area contributed by atoms with Crippen molar-refractivity contribution in [3.63, 3.8) is 0 Å². The Bertz CT molecular complexity index is 288. The first-order valence-electron chi connectivity index (χ1n) is 14.4. The van der Waals surface area contributed by atoms with E-state index in [0.29, 0.717) is 0 Å². The van der Waals surface area contributed by atoms with Gasteiger partial charge in [0.05, 0.1) is 0 Å². The zero-order chi connectivity index (χ0) is 22.0. The molecule has 0 saturated heterocycles. The van der Waals surface area contributed by atoms with Crippen LogP contribution in [0.5, 0.6) is 0 Å². The van der Waals surface area contributed by atoms with Crippen molar-refractivity contribution in [2.24, 2.45) is 5.92 Å². The maximum atomic E-state index is 6.05. The Hall–Kier alpha value is -0.0400. The fourth-order valence-corrected chi connectivity index (χ4v) is 4.50. The molecule has 0 aromatic rings. The second kappa shape index (κ2) is 27.0. The van der Waals surface area contributed by atoms with Crippen LogP contribution in [-0.4, -0.2) is 13.2 Å². The molecule has 0 radical (unpaired) electrons. The summed E-state index contributed by atoms with van der Waals surface area (Å²) in [5, 5.41) is 0. The topological polar surface area (TPSA) is 9.23 Å². The Morgan fingerprint density at radius 3 is 1.13 bits per heavy atom. The van der Waals surface area contributed by atoms with Crippen molar-refractivity contribution in [1.82, 2.24) is 0 Å². The summed E-state index contributed by atoms with van der Waals surface area (Å²) in [7, 11) is 0. The Morgan fingerprint density at radius 1 is 0.400 bits per heavy atom. The van der Waals surface area contributed by atoms with Crippen LogP contribution in [0, 0.1) is 5.92 Å². The van der Waals surface area contributed by atoms with E-state index in [1.54, 1.807) is 0 Å². The van der Waals surface area contributed by atoms with Gasteiger partial charge in [-0.1, -0.05) is 149 Å². The molecule has 0 heterocycles. The summed E-state index contributed by atoms with van der Waals surface area (Å²) in [6, 6.07) is 0. The smallest absolute Gasteiger partial charge is 0.0494 e. The highest BCUT2D eigenvalue weighted by Gasteiger charge is 2.09. The second-order valence-electron chi connectivity index (χ2n) is 9.88. The van der Waals surface area contributed by atoms with Crippen LogP contribution in [0.3, 0.4) is 0 Å². The Kier molecular flexibility index (Phi) is 27.0. The van der Waals surface area contributed by atoms with E-state index in [2.05, 4.69) is 20.8 Å². The molecule has 0 aliphatic heterocycles. The van der Waals surface area contributed by atoms with Gasteiger partial charge in [0.1, 0.15) is 0 Å². The molecule has 0 bridgehead atoms. The van der Waals surface area contributed by atoms with Crippen LogP contribution in [0.2, 0.25) is 0 Å². The van der Waals surface area contributed by atoms with E-state index in [9.17, 15) is 0 Å². The van der Waals surface area contributed by atoms with Gasteiger partial charge >= 0.3 is 0 Å².